The van der Waals surface area contributed by atoms with Crippen LogP contribution in [-0.2, 0) is 36.8 Å². The van der Waals surface area contributed by atoms with E-state index in [2.05, 4.69) is 15.1 Å². The van der Waals surface area contributed by atoms with Gasteiger partial charge in [-0.05, 0) is 62.1 Å². The van der Waals surface area contributed by atoms with Crippen molar-refractivity contribution in [3.8, 4) is 11.5 Å². The second kappa shape index (κ2) is 19.8. The van der Waals surface area contributed by atoms with Gasteiger partial charge in [0.05, 0.1) is 18.0 Å². The lowest BCUT2D eigenvalue weighted by molar-refractivity contribution is -0.139. The molecule has 41 heavy (non-hydrogen) atoms. The number of ether oxygens (including phenoxy) is 3. The molecule has 0 saturated heterocycles. The Bertz CT molecular complexity index is 1110. The van der Waals surface area contributed by atoms with Crippen LogP contribution in [0.5, 0.6) is 11.5 Å². The Labute approximate surface area is 239 Å². The molecular weight excluding hydrogens is 536 g/mol. The molecule has 0 bridgehead atoms. The quantitative estimate of drug-likeness (QED) is 0.122. The van der Waals surface area contributed by atoms with Crippen LogP contribution in [0, 0.1) is 0 Å². The van der Waals surface area contributed by atoms with E-state index in [1.54, 1.807) is 69.5 Å². The first-order chi connectivity index (χ1) is 19.5. The lowest BCUT2D eigenvalue weighted by Crippen LogP contribution is -2.32. The summed E-state index contributed by atoms with van der Waals surface area (Å²) >= 11 is 0. The number of carbonyl (C=O) groups is 2. The highest BCUT2D eigenvalue weighted by Crippen LogP contribution is 2.14. The lowest BCUT2D eigenvalue weighted by Gasteiger charge is -2.09. The van der Waals surface area contributed by atoms with Gasteiger partial charge in [0.1, 0.15) is 50.5 Å². The predicted octanol–water partition coefficient (Wildman–Crippen LogP) is 2.10. The van der Waals surface area contributed by atoms with Gasteiger partial charge >= 0.3 is 11.9 Å². The molecule has 6 N–H and O–H groups in total. The second-order valence-electron chi connectivity index (χ2n) is 8.82. The van der Waals surface area contributed by atoms with E-state index in [-0.39, 0.29) is 6.42 Å². The van der Waals surface area contributed by atoms with Crippen LogP contribution in [-0.4, -0.2) is 86.3 Å². The number of methoxy groups -OCH3 is 1. The number of aliphatic carboxylic acids is 2. The molecule has 0 saturated carbocycles. The molecule has 0 amide bonds. The first-order valence-electron chi connectivity index (χ1n) is 12.7. The van der Waals surface area contributed by atoms with Crippen molar-refractivity contribution in [3.05, 3.63) is 59.7 Å². The average molecular weight is 577 g/mol. The largest absolute Gasteiger partial charge is 0.488 e. The van der Waals surface area contributed by atoms with Gasteiger partial charge in [-0.3, -0.25) is 9.59 Å². The van der Waals surface area contributed by atoms with E-state index in [4.69, 9.17) is 40.7 Å². The molecule has 0 fully saturated rings. The number of nitrogens with zero attached hydrogens (tertiary/aromatic N) is 2. The lowest BCUT2D eigenvalue weighted by atomic mass is 10.1. The van der Waals surface area contributed by atoms with E-state index in [1.807, 2.05) is 0 Å². The van der Waals surface area contributed by atoms with Crippen LogP contribution in [0.4, 0.5) is 0 Å². The van der Waals surface area contributed by atoms with Gasteiger partial charge in [-0.15, -0.1) is 0 Å². The minimum absolute atomic E-state index is 0.281. The van der Waals surface area contributed by atoms with Crippen LogP contribution < -0.4 is 20.9 Å². The Hall–Kier alpha value is -4.20. The molecule has 0 heterocycles. The molecule has 2 aromatic rings. The summed E-state index contributed by atoms with van der Waals surface area (Å²) in [6.45, 7) is 5.11. The van der Waals surface area contributed by atoms with Crippen molar-refractivity contribution in [2.24, 2.45) is 21.8 Å². The zero-order valence-corrected chi connectivity index (χ0v) is 23.8. The van der Waals surface area contributed by atoms with Crippen LogP contribution in [0.2, 0.25) is 0 Å². The van der Waals surface area contributed by atoms with Crippen molar-refractivity contribution in [1.82, 2.24) is 0 Å². The molecule has 226 valence electrons. The monoisotopic (exact) mass is 576 g/mol. The summed E-state index contributed by atoms with van der Waals surface area (Å²) in [5.41, 5.74) is 14.1. The van der Waals surface area contributed by atoms with Gasteiger partial charge in [0.2, 0.25) is 0 Å². The van der Waals surface area contributed by atoms with Crippen LogP contribution in [0.15, 0.2) is 58.8 Å². The summed E-state index contributed by atoms with van der Waals surface area (Å²) in [4.78, 5) is 31.0. The third kappa shape index (κ3) is 15.8. The molecule has 13 nitrogen and oxygen atoms in total. The van der Waals surface area contributed by atoms with E-state index < -0.39 is 24.0 Å². The fourth-order valence-corrected chi connectivity index (χ4v) is 2.99. The topological polar surface area (TPSA) is 198 Å². The Balaban J connectivity index is 0.000000414. The van der Waals surface area contributed by atoms with E-state index >= 15 is 0 Å². The molecule has 0 aliphatic heterocycles. The fraction of sp³-hybridized carbons (Fsp3) is 0.429. The first kappa shape index (κ1) is 34.8. The first-order valence-corrected chi connectivity index (χ1v) is 12.7. The zero-order chi connectivity index (χ0) is 30.6. The smallest absolute Gasteiger partial charge is 0.320 e. The Morgan fingerprint density at radius 1 is 0.732 bits per heavy atom. The molecule has 2 unspecified atom stereocenters. The van der Waals surface area contributed by atoms with E-state index in [0.29, 0.717) is 50.1 Å². The summed E-state index contributed by atoms with van der Waals surface area (Å²) in [5.74, 6) is -0.676. The minimum atomic E-state index is -1.01. The number of benzene rings is 2. The maximum absolute atomic E-state index is 10.7. The van der Waals surface area contributed by atoms with Crippen molar-refractivity contribution in [2.75, 3.05) is 40.6 Å². The summed E-state index contributed by atoms with van der Waals surface area (Å²) in [6.07, 6.45) is 0.573. The average Bonchev–Trinajstić information content (AvgIpc) is 2.95. The molecule has 13 heteroatoms. The highest BCUT2D eigenvalue weighted by Gasteiger charge is 2.12. The predicted molar refractivity (Wildman–Crippen MR) is 154 cm³/mol. The second-order valence-corrected chi connectivity index (χ2v) is 8.82. The van der Waals surface area contributed by atoms with Gasteiger partial charge in [-0.2, -0.15) is 0 Å². The van der Waals surface area contributed by atoms with Crippen molar-refractivity contribution in [3.63, 3.8) is 0 Å². The molecule has 0 aromatic heterocycles. The van der Waals surface area contributed by atoms with Crippen LogP contribution >= 0.6 is 0 Å². The molecule has 2 aromatic carbocycles. The number of hydrogen-bond acceptors (Lipinski definition) is 11. The van der Waals surface area contributed by atoms with E-state index in [1.165, 1.54) is 7.11 Å². The third-order valence-corrected chi connectivity index (χ3v) is 5.13. The Morgan fingerprint density at radius 3 is 1.51 bits per heavy atom. The van der Waals surface area contributed by atoms with Crippen molar-refractivity contribution < 1.29 is 43.7 Å². The Kier molecular flexibility index (Phi) is 16.8. The van der Waals surface area contributed by atoms with Crippen LogP contribution in [0.1, 0.15) is 25.0 Å². The molecule has 0 aliphatic rings. The SMILES string of the molecule is CO/N=C(/C)COc1ccc(CC(N)C(=O)O)cc1.COCCO/N=C(/C)COc1ccc(CC(N)C(=O)O)cc1. The van der Waals surface area contributed by atoms with Crippen LogP contribution in [0.3, 0.4) is 0 Å². The number of hydrogen-bond donors (Lipinski definition) is 4. The van der Waals surface area contributed by atoms with E-state index in [9.17, 15) is 9.59 Å². The molecule has 2 atom stereocenters. The summed E-state index contributed by atoms with van der Waals surface area (Å²) in [7, 11) is 3.07. The van der Waals surface area contributed by atoms with Crippen molar-refractivity contribution in [1.29, 1.82) is 0 Å². The molecule has 0 aliphatic carbocycles. The molecular formula is C28H40N4O9. The fourth-order valence-electron chi connectivity index (χ4n) is 2.99. The number of carboxylic acid groups (broad SMARTS) is 2. The molecule has 0 radical (unpaired) electrons. The summed E-state index contributed by atoms with van der Waals surface area (Å²) in [6, 6.07) is 12.5. The van der Waals surface area contributed by atoms with Gasteiger partial charge in [0, 0.05) is 7.11 Å². The summed E-state index contributed by atoms with van der Waals surface area (Å²) in [5, 5.41) is 25.1. The van der Waals surface area contributed by atoms with Crippen molar-refractivity contribution in [2.45, 2.75) is 38.8 Å². The molecule has 2 rings (SSSR count). The molecule has 0 spiro atoms. The van der Waals surface area contributed by atoms with Crippen LogP contribution in [0.25, 0.3) is 0 Å². The zero-order valence-electron chi connectivity index (χ0n) is 23.8. The minimum Gasteiger partial charge on any atom is -0.488 e. The number of carboxylic acids is 2. The van der Waals surface area contributed by atoms with E-state index in [0.717, 1.165) is 16.8 Å². The Morgan fingerprint density at radius 2 is 1.15 bits per heavy atom. The number of oxime groups is 2. The van der Waals surface area contributed by atoms with Gasteiger partial charge < -0.3 is 45.6 Å². The highest BCUT2D eigenvalue weighted by molar-refractivity contribution is 5.83. The standard InChI is InChI=1S/C15H22N2O5.C13H18N2O4/c1-11(17-22-8-7-20-2)10-21-13-5-3-12(4-6-13)9-14(16)15(18)19;1-9(15-18-2)8-19-11-5-3-10(4-6-11)7-12(14)13(16)17/h3-6,14H,7-10,16H2,1-2H3,(H,18,19);3-6,12H,7-8,14H2,1-2H3,(H,16,17)/b17-11-;15-9-. The maximum atomic E-state index is 10.7. The maximum Gasteiger partial charge on any atom is 0.320 e. The van der Waals surface area contributed by atoms with Gasteiger partial charge in [-0.1, -0.05) is 34.6 Å². The normalized spacial score (nSPS) is 12.8. The summed E-state index contributed by atoms with van der Waals surface area (Å²) < 4.78 is 15.8. The van der Waals surface area contributed by atoms with Gasteiger partial charge in [0.25, 0.3) is 0 Å². The highest BCUT2D eigenvalue weighted by atomic mass is 16.6. The van der Waals surface area contributed by atoms with Crippen molar-refractivity contribution >= 4 is 23.4 Å². The number of rotatable bonds is 17. The third-order valence-electron chi connectivity index (χ3n) is 5.13. The van der Waals surface area contributed by atoms with Gasteiger partial charge in [0.15, 0.2) is 0 Å². The number of nitrogens with two attached hydrogens (primary N) is 2. The van der Waals surface area contributed by atoms with Gasteiger partial charge in [-0.25, -0.2) is 0 Å².